The molecule has 0 radical (unpaired) electrons. The van der Waals surface area contributed by atoms with Crippen LogP contribution in [0.5, 0.6) is 0 Å². The summed E-state index contributed by atoms with van der Waals surface area (Å²) in [6.45, 7) is 4.18. The molecule has 104 valence electrons. The number of furan rings is 1. The van der Waals surface area contributed by atoms with Gasteiger partial charge in [-0.3, -0.25) is 0 Å². The van der Waals surface area contributed by atoms with Crippen molar-refractivity contribution >= 4 is 33.9 Å². The van der Waals surface area contributed by atoms with Gasteiger partial charge in [0.1, 0.15) is 11.3 Å². The van der Waals surface area contributed by atoms with Gasteiger partial charge >= 0.3 is 0 Å². The molecule has 0 spiro atoms. The van der Waals surface area contributed by atoms with Crippen LogP contribution in [0.2, 0.25) is 5.02 Å². The number of halogens is 1. The van der Waals surface area contributed by atoms with E-state index >= 15 is 0 Å². The van der Waals surface area contributed by atoms with E-state index in [2.05, 4.69) is 19.1 Å². The van der Waals surface area contributed by atoms with Crippen molar-refractivity contribution in [3.05, 3.63) is 56.4 Å². The van der Waals surface area contributed by atoms with Crippen molar-refractivity contribution in [2.45, 2.75) is 26.3 Å². The molecule has 0 amide bonds. The van der Waals surface area contributed by atoms with Gasteiger partial charge in [-0.2, -0.15) is 0 Å². The highest BCUT2D eigenvalue weighted by Crippen LogP contribution is 2.35. The molecule has 2 aromatic heterocycles. The lowest BCUT2D eigenvalue weighted by atomic mass is 10.1. The first-order valence-corrected chi connectivity index (χ1v) is 7.82. The number of benzene rings is 1. The minimum atomic E-state index is -0.216. The van der Waals surface area contributed by atoms with Crippen molar-refractivity contribution in [2.75, 3.05) is 0 Å². The molecule has 0 saturated heterocycles. The fraction of sp³-hybridized carbons (Fsp3) is 0.250. The van der Waals surface area contributed by atoms with Crippen molar-refractivity contribution in [1.82, 2.24) is 0 Å². The summed E-state index contributed by atoms with van der Waals surface area (Å²) in [5.74, 6) is 0.826. The van der Waals surface area contributed by atoms with Crippen LogP contribution in [-0.2, 0) is 6.42 Å². The molecular weight excluding hydrogens is 290 g/mol. The molecule has 2 nitrogen and oxygen atoms in total. The van der Waals surface area contributed by atoms with Crippen LogP contribution in [0, 0.1) is 6.92 Å². The predicted octanol–water partition coefficient (Wildman–Crippen LogP) is 5.07. The molecule has 1 unspecified atom stereocenters. The first kappa shape index (κ1) is 13.7. The van der Waals surface area contributed by atoms with Crippen molar-refractivity contribution in [1.29, 1.82) is 0 Å². The molecule has 0 aliphatic heterocycles. The van der Waals surface area contributed by atoms with E-state index in [4.69, 9.17) is 21.8 Å². The lowest BCUT2D eigenvalue weighted by Crippen LogP contribution is -2.10. The highest BCUT2D eigenvalue weighted by atomic mass is 35.5. The highest BCUT2D eigenvalue weighted by molar-refractivity contribution is 7.12. The molecule has 2 heterocycles. The lowest BCUT2D eigenvalue weighted by Gasteiger charge is -2.07. The van der Waals surface area contributed by atoms with E-state index < -0.39 is 0 Å². The third-order valence-electron chi connectivity index (χ3n) is 3.56. The van der Waals surface area contributed by atoms with Gasteiger partial charge in [-0.15, -0.1) is 11.3 Å². The number of nitrogens with two attached hydrogens (primary N) is 1. The second-order valence-electron chi connectivity index (χ2n) is 4.87. The van der Waals surface area contributed by atoms with Crippen molar-refractivity contribution in [2.24, 2.45) is 5.73 Å². The minimum absolute atomic E-state index is 0.216. The number of hydrogen-bond donors (Lipinski definition) is 1. The summed E-state index contributed by atoms with van der Waals surface area (Å²) < 4.78 is 5.94. The largest absolute Gasteiger partial charge is 0.459 e. The second kappa shape index (κ2) is 5.24. The van der Waals surface area contributed by atoms with E-state index in [-0.39, 0.29) is 6.04 Å². The summed E-state index contributed by atoms with van der Waals surface area (Å²) in [6.07, 6.45) is 1.03. The van der Waals surface area contributed by atoms with Crippen LogP contribution >= 0.6 is 22.9 Å². The number of thiophene rings is 1. The van der Waals surface area contributed by atoms with Gasteiger partial charge in [-0.25, -0.2) is 0 Å². The molecule has 0 bridgehead atoms. The fourth-order valence-electron chi connectivity index (χ4n) is 2.39. The molecule has 3 aromatic rings. The summed E-state index contributed by atoms with van der Waals surface area (Å²) in [5, 5.41) is 1.75. The van der Waals surface area contributed by atoms with Crippen LogP contribution in [-0.4, -0.2) is 0 Å². The quantitative estimate of drug-likeness (QED) is 0.734. The Balaban J connectivity index is 2.07. The van der Waals surface area contributed by atoms with Gasteiger partial charge in [0.05, 0.1) is 6.04 Å². The monoisotopic (exact) mass is 305 g/mol. The minimum Gasteiger partial charge on any atom is -0.459 e. The van der Waals surface area contributed by atoms with Crippen LogP contribution in [0.4, 0.5) is 0 Å². The average molecular weight is 306 g/mol. The van der Waals surface area contributed by atoms with Crippen LogP contribution in [0.15, 0.2) is 34.7 Å². The first-order chi connectivity index (χ1) is 9.60. The van der Waals surface area contributed by atoms with Gasteiger partial charge in [-0.05, 0) is 43.7 Å². The Hall–Kier alpha value is -1.29. The van der Waals surface area contributed by atoms with Gasteiger partial charge in [0.25, 0.3) is 0 Å². The van der Waals surface area contributed by atoms with Gasteiger partial charge in [-0.1, -0.05) is 18.5 Å². The lowest BCUT2D eigenvalue weighted by molar-refractivity contribution is 0.524. The Kier molecular flexibility index (Phi) is 3.59. The second-order valence-corrected chi connectivity index (χ2v) is 6.50. The van der Waals surface area contributed by atoms with Crippen LogP contribution < -0.4 is 5.73 Å². The van der Waals surface area contributed by atoms with Crippen LogP contribution in [0.3, 0.4) is 0 Å². The maximum atomic E-state index is 6.37. The van der Waals surface area contributed by atoms with Gasteiger partial charge < -0.3 is 10.2 Å². The van der Waals surface area contributed by atoms with Gasteiger partial charge in [0.15, 0.2) is 0 Å². The normalized spacial score (nSPS) is 13.0. The molecule has 4 heteroatoms. The summed E-state index contributed by atoms with van der Waals surface area (Å²) in [7, 11) is 0. The molecule has 1 aromatic carbocycles. The first-order valence-electron chi connectivity index (χ1n) is 6.63. The molecule has 0 aliphatic rings. The van der Waals surface area contributed by atoms with E-state index in [9.17, 15) is 0 Å². The Morgan fingerprint density at radius 1 is 1.30 bits per heavy atom. The molecule has 3 rings (SSSR count). The molecule has 0 saturated carbocycles. The van der Waals surface area contributed by atoms with Crippen molar-refractivity contribution in [3.63, 3.8) is 0 Å². The third-order valence-corrected chi connectivity index (χ3v) is 5.10. The number of hydrogen-bond acceptors (Lipinski definition) is 3. The summed E-state index contributed by atoms with van der Waals surface area (Å²) >= 11 is 7.79. The fourth-order valence-corrected chi connectivity index (χ4v) is 3.51. The van der Waals surface area contributed by atoms with E-state index in [1.807, 2.05) is 25.1 Å². The number of aryl methyl sites for hydroxylation is 2. The van der Waals surface area contributed by atoms with Gasteiger partial charge in [0, 0.05) is 25.7 Å². The zero-order valence-corrected chi connectivity index (χ0v) is 13.0. The molecular formula is C16H16ClNOS. The number of rotatable bonds is 3. The zero-order chi connectivity index (χ0) is 14.3. The van der Waals surface area contributed by atoms with Crippen LogP contribution in [0.1, 0.15) is 34.0 Å². The topological polar surface area (TPSA) is 39.2 Å². The summed E-state index contributed by atoms with van der Waals surface area (Å²) in [6, 6.07) is 9.67. The van der Waals surface area contributed by atoms with E-state index in [1.165, 1.54) is 4.88 Å². The average Bonchev–Trinajstić information content (AvgIpc) is 3.04. The smallest absolute Gasteiger partial charge is 0.134 e. The highest BCUT2D eigenvalue weighted by Gasteiger charge is 2.20. The molecule has 0 aliphatic carbocycles. The van der Waals surface area contributed by atoms with E-state index in [0.717, 1.165) is 33.6 Å². The Morgan fingerprint density at radius 3 is 2.80 bits per heavy atom. The third kappa shape index (κ3) is 2.26. The Bertz CT molecular complexity index is 759. The summed E-state index contributed by atoms with van der Waals surface area (Å²) in [4.78, 5) is 2.47. The molecule has 1 atom stereocenters. The predicted molar refractivity (Wildman–Crippen MR) is 85.7 cm³/mol. The molecule has 0 fully saturated rings. The van der Waals surface area contributed by atoms with Crippen molar-refractivity contribution < 1.29 is 4.42 Å². The van der Waals surface area contributed by atoms with Gasteiger partial charge in [0.2, 0.25) is 0 Å². The maximum Gasteiger partial charge on any atom is 0.134 e. The SMILES string of the molecule is CCc1ccc(C(N)c2oc3ccc(Cl)cc3c2C)s1. The standard InChI is InChI=1S/C16H16ClNOS/c1-3-11-5-7-14(20-11)15(18)16-9(2)12-8-10(17)4-6-13(12)19-16/h4-8,15H,3,18H2,1-2H3. The zero-order valence-electron chi connectivity index (χ0n) is 11.4. The molecule has 20 heavy (non-hydrogen) atoms. The maximum absolute atomic E-state index is 6.37. The van der Waals surface area contributed by atoms with E-state index in [0.29, 0.717) is 5.02 Å². The van der Waals surface area contributed by atoms with Crippen molar-refractivity contribution in [3.8, 4) is 0 Å². The van der Waals surface area contributed by atoms with E-state index in [1.54, 1.807) is 11.3 Å². The Labute approximate surface area is 127 Å². The van der Waals surface area contributed by atoms with Crippen LogP contribution in [0.25, 0.3) is 11.0 Å². The summed E-state index contributed by atoms with van der Waals surface area (Å²) in [5.41, 5.74) is 8.28. The molecule has 2 N–H and O–H groups in total. The Morgan fingerprint density at radius 2 is 2.10 bits per heavy atom. The number of fused-ring (bicyclic) bond motifs is 1.